The molecule has 0 saturated heterocycles. The highest BCUT2D eigenvalue weighted by molar-refractivity contribution is 7.40. The fourth-order valence-electron chi connectivity index (χ4n) is 2.68. The topological polar surface area (TPSA) is 38.7 Å². The molecule has 2 aromatic rings. The van der Waals surface area contributed by atoms with Crippen LogP contribution in [0.4, 0.5) is 0 Å². The highest BCUT2D eigenvalue weighted by Crippen LogP contribution is 2.41. The number of hydrogen-bond donors (Lipinski definition) is 1. The van der Waals surface area contributed by atoms with Gasteiger partial charge in [-0.3, -0.25) is 0 Å². The summed E-state index contributed by atoms with van der Waals surface area (Å²) in [6, 6.07) is 20.7. The van der Waals surface area contributed by atoms with Crippen LogP contribution in [-0.4, -0.2) is 34.4 Å². The molecule has 0 aliphatic heterocycles. The summed E-state index contributed by atoms with van der Waals surface area (Å²) in [6.07, 6.45) is 0. The monoisotopic (exact) mass is 378 g/mol. The molecule has 0 heterocycles. The zero-order valence-electron chi connectivity index (χ0n) is 14.9. The third-order valence-electron chi connectivity index (χ3n) is 3.60. The third-order valence-corrected chi connectivity index (χ3v) is 9.13. The highest BCUT2D eigenvalue weighted by atomic mass is 31.2. The Balaban J connectivity index is 1.90. The number of rotatable bonds is 8. The maximum Gasteiger partial charge on any atom is 0.330 e. The minimum atomic E-state index is -1.88. The fourth-order valence-corrected chi connectivity index (χ4v) is 7.72. The summed E-state index contributed by atoms with van der Waals surface area (Å²) in [5.41, 5.74) is 0. The van der Waals surface area contributed by atoms with E-state index in [1.807, 2.05) is 64.1 Å². The van der Waals surface area contributed by atoms with E-state index in [9.17, 15) is 4.89 Å². The van der Waals surface area contributed by atoms with Gasteiger partial charge in [0.1, 0.15) is 0 Å². The van der Waals surface area contributed by atoms with Crippen molar-refractivity contribution >= 4 is 38.0 Å². The van der Waals surface area contributed by atoms with Crippen molar-refractivity contribution in [3.05, 3.63) is 60.7 Å². The van der Waals surface area contributed by atoms with E-state index in [2.05, 4.69) is 24.3 Å². The van der Waals surface area contributed by atoms with Crippen molar-refractivity contribution in [2.24, 2.45) is 0 Å². The van der Waals surface area contributed by atoms with Crippen molar-refractivity contribution in [2.45, 2.75) is 38.1 Å². The summed E-state index contributed by atoms with van der Waals surface area (Å²) in [5.74, 6) is 0. The molecule has 2 rings (SSSR count). The molecule has 0 aliphatic rings. The van der Waals surface area contributed by atoms with Gasteiger partial charge in [0, 0.05) is 0 Å². The van der Waals surface area contributed by atoms with Crippen LogP contribution in [0.15, 0.2) is 60.7 Å². The van der Waals surface area contributed by atoms with Crippen LogP contribution in [0.3, 0.4) is 0 Å². The first-order valence-corrected chi connectivity index (χ1v) is 12.2. The van der Waals surface area contributed by atoms with Gasteiger partial charge in [-0.05, 0) is 27.7 Å². The summed E-state index contributed by atoms with van der Waals surface area (Å²) in [4.78, 5) is 10.3. The first-order chi connectivity index (χ1) is 11.3. The lowest BCUT2D eigenvalue weighted by Gasteiger charge is -2.32. The fraction of sp³-hybridized carbons (Fsp3) is 0.333. The van der Waals surface area contributed by atoms with Crippen molar-refractivity contribution in [3.8, 4) is 0 Å². The molecule has 24 heavy (non-hydrogen) atoms. The average molecular weight is 379 g/mol. The van der Waals surface area contributed by atoms with Crippen molar-refractivity contribution in [1.29, 1.82) is 0 Å². The van der Waals surface area contributed by atoms with E-state index in [-0.39, 0.29) is 10.4 Å². The van der Waals surface area contributed by atoms with Crippen LogP contribution >= 0.6 is 8.60 Å². The largest absolute Gasteiger partial charge is 0.330 e. The molecule has 0 amide bonds. The second-order valence-corrected chi connectivity index (χ2v) is 13.9. The van der Waals surface area contributed by atoms with Crippen molar-refractivity contribution in [1.82, 2.24) is 0 Å². The zero-order valence-corrected chi connectivity index (χ0v) is 18.6. The van der Waals surface area contributed by atoms with Gasteiger partial charge in [-0.25, -0.2) is 0 Å². The lowest BCUT2D eigenvalue weighted by atomic mass is 10.4. The van der Waals surface area contributed by atoms with Crippen LogP contribution in [0, 0.1) is 0 Å². The van der Waals surface area contributed by atoms with Crippen LogP contribution in [0.25, 0.3) is 0 Å². The van der Waals surface area contributed by atoms with E-state index in [1.54, 1.807) is 0 Å². The highest BCUT2D eigenvalue weighted by Gasteiger charge is 2.30. The second kappa shape index (κ2) is 8.52. The minimum Gasteiger partial charge on any atom is -0.328 e. The quantitative estimate of drug-likeness (QED) is 0.561. The summed E-state index contributed by atoms with van der Waals surface area (Å²) in [7, 11) is -3.22. The van der Waals surface area contributed by atoms with Gasteiger partial charge in [0.15, 0.2) is 0 Å². The first-order valence-electron chi connectivity index (χ1n) is 8.21. The number of hydrogen-bond acceptors (Lipinski definition) is 3. The predicted molar refractivity (Wildman–Crippen MR) is 109 cm³/mol. The Hall–Kier alpha value is -0.816. The molecular weight excluding hydrogens is 351 g/mol. The molecule has 0 bridgehead atoms. The molecule has 0 aromatic heterocycles. The lowest BCUT2D eigenvalue weighted by Crippen LogP contribution is -2.41. The Morgan fingerprint density at radius 2 is 1.04 bits per heavy atom. The molecule has 6 heteroatoms. The van der Waals surface area contributed by atoms with E-state index in [1.165, 1.54) is 10.4 Å². The van der Waals surface area contributed by atoms with Gasteiger partial charge in [-0.2, -0.15) is 0 Å². The van der Waals surface area contributed by atoms with Crippen LogP contribution in [0.1, 0.15) is 27.7 Å². The molecule has 0 spiro atoms. The SMILES string of the molecule is CC(C)(OP(O)OC(C)(C)[SiH2]c1ccccc1)[SiH2]c1ccccc1. The molecular formula is C18H27O3PSi2. The Bertz CT molecular complexity index is 565. The molecule has 0 radical (unpaired) electrons. The summed E-state index contributed by atoms with van der Waals surface area (Å²) in [5, 5.41) is 1.96. The Kier molecular flexibility index (Phi) is 6.92. The molecule has 1 N–H and O–H groups in total. The molecule has 0 unspecified atom stereocenters. The van der Waals surface area contributed by atoms with Gasteiger partial charge in [-0.15, -0.1) is 0 Å². The van der Waals surface area contributed by atoms with E-state index < -0.39 is 27.6 Å². The molecule has 0 fully saturated rings. The minimum absolute atomic E-state index is 0.341. The van der Waals surface area contributed by atoms with Gasteiger partial charge in [0.2, 0.25) is 0 Å². The standard InChI is InChI=1S/C18H27O3PSi2/c1-17(2,23-15-11-7-5-8-12-15)20-22(19)21-18(3,4)24-16-13-9-6-10-14-16/h5-14,19H,23-24H2,1-4H3. The van der Waals surface area contributed by atoms with Crippen LogP contribution in [0.5, 0.6) is 0 Å². The van der Waals surface area contributed by atoms with E-state index in [4.69, 9.17) is 9.05 Å². The maximum atomic E-state index is 10.3. The normalized spacial score (nSPS) is 14.7. The Morgan fingerprint density at radius 1 is 0.708 bits per heavy atom. The number of benzene rings is 2. The average Bonchev–Trinajstić information content (AvgIpc) is 2.46. The summed E-state index contributed by atoms with van der Waals surface area (Å²) < 4.78 is 11.8. The van der Waals surface area contributed by atoms with Gasteiger partial charge in [-0.1, -0.05) is 71.0 Å². The van der Waals surface area contributed by atoms with Gasteiger partial charge in [0.05, 0.1) is 29.5 Å². The predicted octanol–water partition coefficient (Wildman–Crippen LogP) is 1.70. The maximum absolute atomic E-state index is 10.3. The van der Waals surface area contributed by atoms with Crippen LogP contribution in [0.2, 0.25) is 0 Å². The molecule has 130 valence electrons. The summed E-state index contributed by atoms with van der Waals surface area (Å²) >= 11 is 0. The van der Waals surface area contributed by atoms with Gasteiger partial charge < -0.3 is 13.9 Å². The lowest BCUT2D eigenvalue weighted by molar-refractivity contribution is 0.100. The van der Waals surface area contributed by atoms with Gasteiger partial charge >= 0.3 is 8.60 Å². The van der Waals surface area contributed by atoms with E-state index >= 15 is 0 Å². The van der Waals surface area contributed by atoms with Gasteiger partial charge in [0.25, 0.3) is 0 Å². The molecule has 3 nitrogen and oxygen atoms in total. The molecule has 0 aliphatic carbocycles. The van der Waals surface area contributed by atoms with E-state index in [0.29, 0.717) is 0 Å². The molecule has 2 aromatic carbocycles. The van der Waals surface area contributed by atoms with E-state index in [0.717, 1.165) is 0 Å². The summed E-state index contributed by atoms with van der Waals surface area (Å²) in [6.45, 7) is 8.18. The first kappa shape index (κ1) is 19.5. The zero-order chi connectivity index (χ0) is 17.6. The smallest absolute Gasteiger partial charge is 0.328 e. The van der Waals surface area contributed by atoms with Crippen molar-refractivity contribution in [3.63, 3.8) is 0 Å². The van der Waals surface area contributed by atoms with Crippen LogP contribution in [-0.2, 0) is 9.05 Å². The van der Waals surface area contributed by atoms with Crippen molar-refractivity contribution < 1.29 is 13.9 Å². The van der Waals surface area contributed by atoms with Crippen molar-refractivity contribution in [2.75, 3.05) is 0 Å². The third kappa shape index (κ3) is 6.97. The molecule has 0 atom stereocenters. The Morgan fingerprint density at radius 3 is 1.38 bits per heavy atom. The Labute approximate surface area is 151 Å². The van der Waals surface area contributed by atoms with Crippen LogP contribution < -0.4 is 10.4 Å². The second-order valence-electron chi connectivity index (χ2n) is 7.26. The molecule has 0 saturated carbocycles.